The van der Waals surface area contributed by atoms with Crippen LogP contribution in [0.15, 0.2) is 84.5 Å². The molecule has 9 heteroatoms. The van der Waals surface area contributed by atoms with E-state index in [0.717, 1.165) is 15.8 Å². The number of anilines is 2. The molecule has 0 saturated heterocycles. The second-order valence-electron chi connectivity index (χ2n) is 7.04. The van der Waals surface area contributed by atoms with Crippen LogP contribution in [0.1, 0.15) is 0 Å². The zero-order valence-corrected chi connectivity index (χ0v) is 18.5. The minimum absolute atomic E-state index is 0.0200. The Balaban J connectivity index is 1.58. The molecule has 33 heavy (non-hydrogen) atoms. The molecule has 0 spiro atoms. The number of hydrogen-bond acceptors (Lipinski definition) is 7. The summed E-state index contributed by atoms with van der Waals surface area (Å²) in [7, 11) is 0. The van der Waals surface area contributed by atoms with E-state index in [1.54, 1.807) is 30.3 Å². The highest BCUT2D eigenvalue weighted by Crippen LogP contribution is 2.40. The molecule has 0 bridgehead atoms. The number of nitrogens with zero attached hydrogens (tertiary/aromatic N) is 3. The summed E-state index contributed by atoms with van der Waals surface area (Å²) in [6, 6.07) is 21.2. The number of ether oxygens (including phenoxy) is 1. The van der Waals surface area contributed by atoms with Gasteiger partial charge in [-0.25, -0.2) is 9.97 Å². The summed E-state index contributed by atoms with van der Waals surface area (Å²) in [5.41, 5.74) is 2.16. The predicted molar refractivity (Wildman–Crippen MR) is 131 cm³/mol. The molecule has 0 aliphatic carbocycles. The fourth-order valence-electron chi connectivity index (χ4n) is 3.40. The minimum atomic E-state index is -0.410. The smallest absolute Gasteiger partial charge is 0.270 e. The summed E-state index contributed by atoms with van der Waals surface area (Å²) in [6.45, 7) is 0. The molecule has 0 fully saturated rings. The van der Waals surface area contributed by atoms with E-state index in [-0.39, 0.29) is 5.69 Å². The first-order valence-corrected chi connectivity index (χ1v) is 11.1. The van der Waals surface area contributed by atoms with E-state index < -0.39 is 4.92 Å². The number of hydrogen-bond donors (Lipinski definition) is 1. The summed E-state index contributed by atoms with van der Waals surface area (Å²) in [4.78, 5) is 20.4. The van der Waals surface area contributed by atoms with Crippen molar-refractivity contribution in [2.45, 2.75) is 0 Å². The molecule has 7 nitrogen and oxygen atoms in total. The molecular weight excluding hydrogens is 460 g/mol. The molecule has 0 atom stereocenters. The summed E-state index contributed by atoms with van der Waals surface area (Å²) >= 11 is 7.71. The van der Waals surface area contributed by atoms with Crippen molar-refractivity contribution >= 4 is 50.3 Å². The molecule has 2 aromatic heterocycles. The van der Waals surface area contributed by atoms with Crippen molar-refractivity contribution in [2.24, 2.45) is 0 Å². The van der Waals surface area contributed by atoms with Crippen molar-refractivity contribution in [1.82, 2.24) is 9.97 Å². The Kier molecular flexibility index (Phi) is 5.60. The van der Waals surface area contributed by atoms with Gasteiger partial charge in [-0.2, -0.15) is 0 Å². The van der Waals surface area contributed by atoms with Crippen LogP contribution in [0, 0.1) is 10.1 Å². The third-order valence-corrected chi connectivity index (χ3v) is 6.03. The number of nitro groups is 1. The average Bonchev–Trinajstić information content (AvgIpc) is 3.27. The monoisotopic (exact) mass is 474 g/mol. The number of benzene rings is 3. The van der Waals surface area contributed by atoms with Gasteiger partial charge in [0.1, 0.15) is 22.7 Å². The van der Waals surface area contributed by atoms with E-state index in [1.807, 2.05) is 41.8 Å². The maximum atomic E-state index is 11.3. The molecule has 5 aromatic rings. The number of fused-ring (bicyclic) bond motifs is 1. The Morgan fingerprint density at radius 3 is 2.67 bits per heavy atom. The summed E-state index contributed by atoms with van der Waals surface area (Å²) in [5, 5.41) is 17.8. The number of halogens is 1. The Hall–Kier alpha value is -4.01. The second kappa shape index (κ2) is 8.85. The van der Waals surface area contributed by atoms with Crippen molar-refractivity contribution in [3.05, 3.63) is 99.6 Å². The van der Waals surface area contributed by atoms with Gasteiger partial charge in [-0.15, -0.1) is 11.3 Å². The Labute approximate surface area is 197 Å². The Bertz CT molecular complexity index is 1470. The molecule has 162 valence electrons. The summed E-state index contributed by atoms with van der Waals surface area (Å²) < 4.78 is 6.05. The lowest BCUT2D eigenvalue weighted by Gasteiger charge is -2.14. The normalized spacial score (nSPS) is 10.8. The first kappa shape index (κ1) is 20.9. The van der Waals surface area contributed by atoms with Crippen molar-refractivity contribution in [1.29, 1.82) is 0 Å². The van der Waals surface area contributed by atoms with Gasteiger partial charge in [-0.1, -0.05) is 41.9 Å². The molecule has 0 saturated carbocycles. The zero-order valence-electron chi connectivity index (χ0n) is 16.9. The van der Waals surface area contributed by atoms with Crippen LogP contribution in [0.4, 0.5) is 17.2 Å². The van der Waals surface area contributed by atoms with E-state index in [4.69, 9.17) is 16.3 Å². The Morgan fingerprint density at radius 2 is 1.85 bits per heavy atom. The van der Waals surface area contributed by atoms with Crippen molar-refractivity contribution in [3.8, 4) is 22.6 Å². The van der Waals surface area contributed by atoms with Crippen molar-refractivity contribution in [2.75, 3.05) is 5.32 Å². The third-order valence-electron chi connectivity index (χ3n) is 4.90. The van der Waals surface area contributed by atoms with E-state index in [1.165, 1.54) is 23.7 Å². The first-order chi connectivity index (χ1) is 16.1. The van der Waals surface area contributed by atoms with Crippen LogP contribution in [0.25, 0.3) is 21.3 Å². The molecule has 0 aliphatic heterocycles. The zero-order chi connectivity index (χ0) is 22.8. The van der Waals surface area contributed by atoms with E-state index in [9.17, 15) is 10.1 Å². The maximum absolute atomic E-state index is 11.3. The van der Waals surface area contributed by atoms with E-state index >= 15 is 0 Å². The molecule has 0 radical (unpaired) electrons. The van der Waals surface area contributed by atoms with Crippen LogP contribution in [-0.2, 0) is 0 Å². The van der Waals surface area contributed by atoms with Crippen molar-refractivity contribution in [3.63, 3.8) is 0 Å². The Morgan fingerprint density at radius 1 is 1.00 bits per heavy atom. The van der Waals surface area contributed by atoms with Gasteiger partial charge < -0.3 is 10.1 Å². The number of nitrogens with one attached hydrogen (secondary N) is 1. The molecule has 0 amide bonds. The third kappa shape index (κ3) is 4.34. The van der Waals surface area contributed by atoms with Gasteiger partial charge in [0.15, 0.2) is 5.75 Å². The fourth-order valence-corrected chi connectivity index (χ4v) is 4.49. The lowest BCUT2D eigenvalue weighted by molar-refractivity contribution is -0.384. The van der Waals surface area contributed by atoms with Crippen LogP contribution in [-0.4, -0.2) is 14.9 Å². The van der Waals surface area contributed by atoms with Crippen LogP contribution in [0.3, 0.4) is 0 Å². The highest BCUT2D eigenvalue weighted by molar-refractivity contribution is 7.17. The molecule has 0 unspecified atom stereocenters. The van der Waals surface area contributed by atoms with E-state index in [2.05, 4.69) is 15.3 Å². The first-order valence-electron chi connectivity index (χ1n) is 9.85. The van der Waals surface area contributed by atoms with Crippen molar-refractivity contribution < 1.29 is 9.66 Å². The number of para-hydroxylation sites is 1. The molecule has 2 heterocycles. The van der Waals surface area contributed by atoms with Gasteiger partial charge >= 0.3 is 0 Å². The molecular formula is C24H15ClN4O3S. The second-order valence-corrected chi connectivity index (χ2v) is 8.33. The van der Waals surface area contributed by atoms with Crippen LogP contribution >= 0.6 is 22.9 Å². The SMILES string of the molecule is O=[N+]([O-])c1cccc(-c2csc3ncnc(Nc4cc(Cl)ccc4Oc4ccccc4)c23)c1. The average molecular weight is 475 g/mol. The predicted octanol–water partition coefficient (Wildman–Crippen LogP) is 7.46. The summed E-state index contributed by atoms with van der Waals surface area (Å²) in [6.07, 6.45) is 1.47. The highest BCUT2D eigenvalue weighted by Gasteiger charge is 2.17. The van der Waals surface area contributed by atoms with Gasteiger partial charge in [0.2, 0.25) is 0 Å². The number of non-ortho nitro benzene ring substituents is 1. The van der Waals surface area contributed by atoms with Gasteiger partial charge in [0.05, 0.1) is 16.0 Å². The highest BCUT2D eigenvalue weighted by atomic mass is 35.5. The van der Waals surface area contributed by atoms with E-state index in [0.29, 0.717) is 33.6 Å². The molecule has 5 rings (SSSR count). The summed E-state index contributed by atoms with van der Waals surface area (Å²) in [5.74, 6) is 1.80. The quantitative estimate of drug-likeness (QED) is 0.203. The van der Waals surface area contributed by atoms with Gasteiger partial charge in [-0.05, 0) is 35.9 Å². The number of nitro benzene ring substituents is 1. The van der Waals surface area contributed by atoms with Gasteiger partial charge in [0.25, 0.3) is 5.69 Å². The van der Waals surface area contributed by atoms with Crippen LogP contribution < -0.4 is 10.1 Å². The van der Waals surface area contributed by atoms with Crippen LogP contribution in [0.2, 0.25) is 5.02 Å². The topological polar surface area (TPSA) is 90.2 Å². The van der Waals surface area contributed by atoms with Gasteiger partial charge in [0, 0.05) is 28.1 Å². The largest absolute Gasteiger partial charge is 0.455 e. The molecule has 1 N–H and O–H groups in total. The standard InChI is InChI=1S/C24H15ClN4O3S/c25-16-9-10-21(32-18-7-2-1-3-8-18)20(12-16)28-23-22-19(13-33-24(22)27-14-26-23)15-5-4-6-17(11-15)29(30)31/h1-14H,(H,26,27,28). The fraction of sp³-hybridized carbons (Fsp3) is 0. The lowest BCUT2D eigenvalue weighted by Crippen LogP contribution is -1.98. The number of thiophene rings is 1. The number of rotatable bonds is 6. The van der Waals surface area contributed by atoms with Crippen LogP contribution in [0.5, 0.6) is 11.5 Å². The minimum Gasteiger partial charge on any atom is -0.455 e. The number of aromatic nitrogens is 2. The molecule has 0 aliphatic rings. The maximum Gasteiger partial charge on any atom is 0.270 e. The lowest BCUT2D eigenvalue weighted by atomic mass is 10.1. The van der Waals surface area contributed by atoms with Gasteiger partial charge in [-0.3, -0.25) is 10.1 Å². The molecule has 3 aromatic carbocycles.